The third-order valence-electron chi connectivity index (χ3n) is 8.72. The number of benzene rings is 6. The Morgan fingerprint density at radius 3 is 1.98 bits per heavy atom. The molecule has 0 fully saturated rings. The largest absolute Gasteiger partial charge is 0.308 e. The average molecular weight is 550 g/mol. The Kier molecular flexibility index (Phi) is 5.28. The normalized spacial score (nSPS) is 12.9. The van der Waals surface area contributed by atoms with Gasteiger partial charge in [-0.2, -0.15) is 5.26 Å². The van der Waals surface area contributed by atoms with E-state index in [1.807, 2.05) is 12.1 Å². The molecule has 194 valence electrons. The van der Waals surface area contributed by atoms with Crippen molar-refractivity contribution in [1.29, 1.82) is 5.26 Å². The smallest absolute Gasteiger partial charge is 0.188 e. The Bertz CT molecular complexity index is 2230. The highest BCUT2D eigenvalue weighted by Crippen LogP contribution is 2.38. The first-order valence-electron chi connectivity index (χ1n) is 14.0. The fourth-order valence-corrected chi connectivity index (χ4v) is 12.2. The van der Waals surface area contributed by atoms with Crippen molar-refractivity contribution in [3.05, 3.63) is 157 Å². The standard InChI is InChI=1S/C38H23N3Si/c1-40-27-20-21-34(26(22-27)25-39)41-35-18-10-8-16-30(35)32-24-38-33(23-36(32)41)31-17-9-11-19-37(31)42(38,28-12-4-2-5-13-28)29-14-6-3-7-15-29/h2-24H. The van der Waals surface area contributed by atoms with Gasteiger partial charge in [0.05, 0.1) is 34.9 Å². The summed E-state index contributed by atoms with van der Waals surface area (Å²) >= 11 is 0. The summed E-state index contributed by atoms with van der Waals surface area (Å²) in [6, 6.07) is 51.9. The zero-order valence-corrected chi connectivity index (χ0v) is 23.6. The Morgan fingerprint density at radius 2 is 1.26 bits per heavy atom. The number of fused-ring (bicyclic) bond motifs is 6. The monoisotopic (exact) mass is 549 g/mol. The molecular weight excluding hydrogens is 527 g/mol. The maximum absolute atomic E-state index is 10.1. The van der Waals surface area contributed by atoms with Crippen LogP contribution in [0.2, 0.25) is 0 Å². The van der Waals surface area contributed by atoms with Crippen molar-refractivity contribution >= 4 is 56.3 Å². The van der Waals surface area contributed by atoms with Crippen LogP contribution in [0, 0.1) is 17.9 Å². The van der Waals surface area contributed by atoms with Gasteiger partial charge in [0.2, 0.25) is 0 Å². The van der Waals surface area contributed by atoms with Crippen LogP contribution in [-0.2, 0) is 0 Å². The van der Waals surface area contributed by atoms with Crippen molar-refractivity contribution < 1.29 is 0 Å². The molecule has 1 aliphatic heterocycles. The number of para-hydroxylation sites is 1. The van der Waals surface area contributed by atoms with E-state index in [1.165, 1.54) is 37.3 Å². The second-order valence-electron chi connectivity index (χ2n) is 10.7. The lowest BCUT2D eigenvalue weighted by Gasteiger charge is -2.31. The first kappa shape index (κ1) is 24.1. The van der Waals surface area contributed by atoms with Crippen molar-refractivity contribution in [3.63, 3.8) is 0 Å². The quantitative estimate of drug-likeness (QED) is 0.181. The van der Waals surface area contributed by atoms with Gasteiger partial charge >= 0.3 is 0 Å². The van der Waals surface area contributed by atoms with Crippen LogP contribution in [0.5, 0.6) is 0 Å². The molecule has 3 nitrogen and oxygen atoms in total. The number of rotatable bonds is 3. The third kappa shape index (κ3) is 3.19. The summed E-state index contributed by atoms with van der Waals surface area (Å²) in [6.07, 6.45) is 0. The molecule has 1 aliphatic rings. The van der Waals surface area contributed by atoms with Crippen LogP contribution in [0.3, 0.4) is 0 Å². The molecule has 0 bridgehead atoms. The minimum atomic E-state index is -2.63. The number of nitrogens with zero attached hydrogens (tertiary/aromatic N) is 3. The Morgan fingerprint density at radius 1 is 0.595 bits per heavy atom. The van der Waals surface area contributed by atoms with Gasteiger partial charge in [0, 0.05) is 10.8 Å². The summed E-state index contributed by atoms with van der Waals surface area (Å²) in [5, 5.41) is 18.0. The zero-order chi connectivity index (χ0) is 28.3. The topological polar surface area (TPSA) is 33.1 Å². The molecule has 0 saturated heterocycles. The molecular formula is C38H23N3Si. The molecule has 4 heteroatoms. The van der Waals surface area contributed by atoms with E-state index in [0.717, 1.165) is 22.1 Å². The molecule has 1 aromatic heterocycles. The van der Waals surface area contributed by atoms with E-state index in [0.29, 0.717) is 11.3 Å². The maximum Gasteiger partial charge on any atom is 0.188 e. The van der Waals surface area contributed by atoms with Crippen molar-refractivity contribution in [2.24, 2.45) is 0 Å². The van der Waals surface area contributed by atoms with Crippen LogP contribution in [-0.4, -0.2) is 12.6 Å². The molecule has 0 saturated carbocycles. The summed E-state index contributed by atoms with van der Waals surface area (Å²) in [5.74, 6) is 0. The molecule has 0 radical (unpaired) electrons. The Hall–Kier alpha value is -5.68. The van der Waals surface area contributed by atoms with E-state index in [4.69, 9.17) is 6.57 Å². The lowest BCUT2D eigenvalue weighted by atomic mass is 10.0. The van der Waals surface area contributed by atoms with E-state index < -0.39 is 8.07 Å². The van der Waals surface area contributed by atoms with Gasteiger partial charge < -0.3 is 4.57 Å². The lowest BCUT2D eigenvalue weighted by Crippen LogP contribution is -2.72. The number of hydrogen-bond acceptors (Lipinski definition) is 1. The number of nitriles is 1. The van der Waals surface area contributed by atoms with Gasteiger partial charge in [0.1, 0.15) is 0 Å². The molecule has 0 N–H and O–H groups in total. The molecule has 0 aliphatic carbocycles. The molecule has 0 spiro atoms. The summed E-state index contributed by atoms with van der Waals surface area (Å²) in [5.41, 5.74) is 6.37. The number of hydrogen-bond donors (Lipinski definition) is 0. The van der Waals surface area contributed by atoms with Crippen LogP contribution in [0.4, 0.5) is 5.69 Å². The van der Waals surface area contributed by atoms with E-state index in [1.54, 1.807) is 12.1 Å². The van der Waals surface area contributed by atoms with Crippen LogP contribution < -0.4 is 20.7 Å². The van der Waals surface area contributed by atoms with Crippen LogP contribution in [0.15, 0.2) is 140 Å². The van der Waals surface area contributed by atoms with Crippen molar-refractivity contribution in [1.82, 2.24) is 4.57 Å². The summed E-state index contributed by atoms with van der Waals surface area (Å²) in [6.45, 7) is 7.47. The van der Waals surface area contributed by atoms with E-state index >= 15 is 0 Å². The van der Waals surface area contributed by atoms with Gasteiger partial charge in [0.15, 0.2) is 13.8 Å². The molecule has 42 heavy (non-hydrogen) atoms. The molecule has 0 atom stereocenters. The maximum atomic E-state index is 10.1. The highest BCUT2D eigenvalue weighted by Gasteiger charge is 2.48. The zero-order valence-electron chi connectivity index (χ0n) is 22.6. The van der Waals surface area contributed by atoms with Gasteiger partial charge in [-0.25, -0.2) is 4.85 Å². The second-order valence-corrected chi connectivity index (χ2v) is 14.5. The molecule has 2 heterocycles. The minimum absolute atomic E-state index is 0.465. The van der Waals surface area contributed by atoms with E-state index in [2.05, 4.69) is 131 Å². The summed E-state index contributed by atoms with van der Waals surface area (Å²) < 4.78 is 2.20. The van der Waals surface area contributed by atoms with Crippen molar-refractivity contribution in [3.8, 4) is 22.9 Å². The van der Waals surface area contributed by atoms with Crippen LogP contribution in [0.25, 0.3) is 43.5 Å². The van der Waals surface area contributed by atoms with Crippen LogP contribution >= 0.6 is 0 Å². The van der Waals surface area contributed by atoms with Crippen molar-refractivity contribution in [2.45, 2.75) is 0 Å². The molecule has 6 aromatic carbocycles. The first-order valence-corrected chi connectivity index (χ1v) is 16.0. The SMILES string of the molecule is [C-]#[N+]c1ccc(-n2c3ccccc3c3cc4c(cc32)-c2ccccc2[Si]4(c2ccccc2)c2ccccc2)c(C#N)c1. The van der Waals surface area contributed by atoms with E-state index in [9.17, 15) is 5.26 Å². The van der Waals surface area contributed by atoms with Crippen molar-refractivity contribution in [2.75, 3.05) is 0 Å². The van der Waals surface area contributed by atoms with Gasteiger partial charge in [-0.3, -0.25) is 0 Å². The predicted octanol–water partition coefficient (Wildman–Crippen LogP) is 6.56. The average Bonchev–Trinajstić information content (AvgIpc) is 3.54. The lowest BCUT2D eigenvalue weighted by molar-refractivity contribution is 1.17. The molecule has 0 amide bonds. The Labute approximate surface area is 245 Å². The van der Waals surface area contributed by atoms with Gasteiger partial charge in [0.25, 0.3) is 0 Å². The second kappa shape index (κ2) is 9.18. The molecule has 8 rings (SSSR count). The molecule has 0 unspecified atom stereocenters. The third-order valence-corrected chi connectivity index (χ3v) is 13.6. The highest BCUT2D eigenvalue weighted by molar-refractivity contribution is 7.22. The number of aromatic nitrogens is 1. The summed E-state index contributed by atoms with van der Waals surface area (Å²) in [7, 11) is -2.63. The van der Waals surface area contributed by atoms with Crippen LogP contribution in [0.1, 0.15) is 5.56 Å². The fourth-order valence-electron chi connectivity index (χ4n) is 7.04. The summed E-state index contributed by atoms with van der Waals surface area (Å²) in [4.78, 5) is 3.57. The minimum Gasteiger partial charge on any atom is -0.308 e. The van der Waals surface area contributed by atoms with Gasteiger partial charge in [-0.1, -0.05) is 115 Å². The predicted molar refractivity (Wildman–Crippen MR) is 174 cm³/mol. The first-order chi connectivity index (χ1) is 20.8. The fraction of sp³-hybridized carbons (Fsp3) is 0. The highest BCUT2D eigenvalue weighted by atomic mass is 28.3. The van der Waals surface area contributed by atoms with E-state index in [-0.39, 0.29) is 0 Å². The van der Waals surface area contributed by atoms with Gasteiger partial charge in [-0.05, 0) is 56.1 Å². The molecule has 7 aromatic rings. The Balaban J connectivity index is 1.55. The van der Waals surface area contributed by atoms with Gasteiger partial charge in [-0.15, -0.1) is 0 Å².